The SMILES string of the molecule is O=C(CCn1cccc1)OCCN1c2cccc3cccc(c23)S1(=O)=O. The van der Waals surface area contributed by atoms with Crippen LogP contribution in [0.5, 0.6) is 0 Å². The van der Waals surface area contributed by atoms with E-state index in [0.717, 1.165) is 10.8 Å². The van der Waals surface area contributed by atoms with Gasteiger partial charge >= 0.3 is 5.97 Å². The molecule has 0 saturated heterocycles. The topological polar surface area (TPSA) is 68.6 Å². The lowest BCUT2D eigenvalue weighted by Crippen LogP contribution is -2.31. The number of hydrogen-bond donors (Lipinski definition) is 0. The van der Waals surface area contributed by atoms with Crippen molar-refractivity contribution in [3.05, 3.63) is 60.9 Å². The highest BCUT2D eigenvalue weighted by atomic mass is 32.2. The number of ether oxygens (including phenoxy) is 1. The van der Waals surface area contributed by atoms with Crippen LogP contribution >= 0.6 is 0 Å². The molecule has 0 fully saturated rings. The summed E-state index contributed by atoms with van der Waals surface area (Å²) >= 11 is 0. The molecular formula is C19H18N2O4S. The predicted molar refractivity (Wildman–Crippen MR) is 98.5 cm³/mol. The maximum absolute atomic E-state index is 12.8. The van der Waals surface area contributed by atoms with Gasteiger partial charge in [-0.25, -0.2) is 8.42 Å². The maximum Gasteiger partial charge on any atom is 0.307 e. The van der Waals surface area contributed by atoms with Gasteiger partial charge in [0.25, 0.3) is 10.0 Å². The van der Waals surface area contributed by atoms with E-state index >= 15 is 0 Å². The molecule has 0 N–H and O–H groups in total. The minimum Gasteiger partial charge on any atom is -0.464 e. The zero-order valence-electron chi connectivity index (χ0n) is 14.0. The van der Waals surface area contributed by atoms with E-state index in [9.17, 15) is 13.2 Å². The first kappa shape index (κ1) is 16.7. The Bertz CT molecular complexity index is 1050. The number of benzene rings is 2. The highest BCUT2D eigenvalue weighted by Gasteiger charge is 2.35. The minimum atomic E-state index is -3.61. The lowest BCUT2D eigenvalue weighted by atomic mass is 10.1. The lowest BCUT2D eigenvalue weighted by molar-refractivity contribution is -0.143. The van der Waals surface area contributed by atoms with Gasteiger partial charge in [-0.05, 0) is 29.7 Å². The Morgan fingerprint density at radius 3 is 2.46 bits per heavy atom. The van der Waals surface area contributed by atoms with Crippen LogP contribution in [-0.4, -0.2) is 32.1 Å². The summed E-state index contributed by atoms with van der Waals surface area (Å²) in [5.74, 6) is -0.342. The molecule has 3 aromatic rings. The lowest BCUT2D eigenvalue weighted by Gasteiger charge is -2.18. The molecule has 7 heteroatoms. The highest BCUT2D eigenvalue weighted by Crippen LogP contribution is 2.41. The third kappa shape index (κ3) is 2.84. The molecule has 0 saturated carbocycles. The zero-order chi connectivity index (χ0) is 18.1. The summed E-state index contributed by atoms with van der Waals surface area (Å²) in [6.07, 6.45) is 4.00. The fourth-order valence-corrected chi connectivity index (χ4v) is 4.95. The molecule has 6 nitrogen and oxygen atoms in total. The van der Waals surface area contributed by atoms with Crippen molar-refractivity contribution < 1.29 is 17.9 Å². The quantitative estimate of drug-likeness (QED) is 0.626. The summed E-state index contributed by atoms with van der Waals surface area (Å²) in [6, 6.07) is 14.5. The van der Waals surface area contributed by atoms with Crippen molar-refractivity contribution in [1.29, 1.82) is 0 Å². The van der Waals surface area contributed by atoms with E-state index in [0.29, 0.717) is 17.1 Å². The van der Waals surface area contributed by atoms with Crippen LogP contribution in [-0.2, 0) is 26.1 Å². The molecule has 1 aliphatic heterocycles. The van der Waals surface area contributed by atoms with E-state index in [4.69, 9.17) is 4.74 Å². The monoisotopic (exact) mass is 370 g/mol. The molecule has 0 radical (unpaired) electrons. The number of esters is 1. The summed E-state index contributed by atoms with van der Waals surface area (Å²) in [4.78, 5) is 12.2. The van der Waals surface area contributed by atoms with E-state index < -0.39 is 10.0 Å². The molecule has 0 amide bonds. The van der Waals surface area contributed by atoms with Gasteiger partial charge in [-0.1, -0.05) is 24.3 Å². The second-order valence-corrected chi connectivity index (χ2v) is 7.93. The number of nitrogens with zero attached hydrogens (tertiary/aromatic N) is 2. The largest absolute Gasteiger partial charge is 0.464 e. The van der Waals surface area contributed by atoms with Crippen LogP contribution in [0.1, 0.15) is 6.42 Å². The normalized spacial score (nSPS) is 14.7. The molecule has 0 atom stereocenters. The average molecular weight is 370 g/mol. The molecule has 2 aromatic carbocycles. The van der Waals surface area contributed by atoms with E-state index in [-0.39, 0.29) is 25.5 Å². The number of anilines is 1. The average Bonchev–Trinajstić information content (AvgIpc) is 3.22. The Balaban J connectivity index is 1.43. The molecule has 0 bridgehead atoms. The van der Waals surface area contributed by atoms with E-state index in [1.165, 1.54) is 4.31 Å². The van der Waals surface area contributed by atoms with Crippen LogP contribution in [0.15, 0.2) is 65.8 Å². The molecule has 4 rings (SSSR count). The van der Waals surface area contributed by atoms with Gasteiger partial charge in [-0.2, -0.15) is 0 Å². The van der Waals surface area contributed by atoms with Gasteiger partial charge in [0, 0.05) is 24.3 Å². The third-order valence-electron chi connectivity index (χ3n) is 4.48. The predicted octanol–water partition coefficient (Wildman–Crippen LogP) is 2.78. The van der Waals surface area contributed by atoms with Crippen molar-refractivity contribution in [3.63, 3.8) is 0 Å². The van der Waals surface area contributed by atoms with E-state index in [2.05, 4.69) is 0 Å². The second-order valence-electron chi connectivity index (χ2n) is 6.10. The van der Waals surface area contributed by atoms with Gasteiger partial charge in [-0.3, -0.25) is 9.10 Å². The van der Waals surface area contributed by atoms with Gasteiger partial charge in [0.15, 0.2) is 0 Å². The molecule has 1 aliphatic rings. The molecule has 2 heterocycles. The number of carbonyl (C=O) groups is 1. The number of carbonyl (C=O) groups excluding carboxylic acids is 1. The van der Waals surface area contributed by atoms with Crippen LogP contribution in [0, 0.1) is 0 Å². The summed E-state index contributed by atoms with van der Waals surface area (Å²) in [7, 11) is -3.61. The Hall–Kier alpha value is -2.80. The first-order valence-corrected chi connectivity index (χ1v) is 9.82. The van der Waals surface area contributed by atoms with Gasteiger partial charge in [0.1, 0.15) is 6.61 Å². The van der Waals surface area contributed by atoms with Crippen molar-refractivity contribution in [1.82, 2.24) is 4.57 Å². The zero-order valence-corrected chi connectivity index (χ0v) is 14.9. The van der Waals surface area contributed by atoms with E-state index in [1.807, 2.05) is 47.3 Å². The van der Waals surface area contributed by atoms with Crippen LogP contribution in [0.25, 0.3) is 10.8 Å². The summed E-state index contributed by atoms with van der Waals surface area (Å²) in [6.45, 7) is 0.665. The Morgan fingerprint density at radius 1 is 0.962 bits per heavy atom. The number of rotatable bonds is 6. The van der Waals surface area contributed by atoms with Crippen LogP contribution in [0.2, 0.25) is 0 Å². The van der Waals surface area contributed by atoms with Crippen molar-refractivity contribution in [2.45, 2.75) is 17.9 Å². The van der Waals surface area contributed by atoms with Crippen LogP contribution in [0.4, 0.5) is 5.69 Å². The molecule has 0 spiro atoms. The third-order valence-corrected chi connectivity index (χ3v) is 6.33. The van der Waals surface area contributed by atoms with Crippen molar-refractivity contribution >= 4 is 32.5 Å². The summed E-state index contributed by atoms with van der Waals surface area (Å²) in [5.41, 5.74) is 0.640. The van der Waals surface area contributed by atoms with Gasteiger partial charge < -0.3 is 9.30 Å². The highest BCUT2D eigenvalue weighted by molar-refractivity contribution is 7.93. The molecular weight excluding hydrogens is 352 g/mol. The van der Waals surface area contributed by atoms with Gasteiger partial charge in [0.2, 0.25) is 0 Å². The Morgan fingerprint density at radius 2 is 1.69 bits per heavy atom. The van der Waals surface area contributed by atoms with Crippen LogP contribution < -0.4 is 4.31 Å². The number of aryl methyl sites for hydroxylation is 1. The second kappa shape index (κ2) is 6.49. The van der Waals surface area contributed by atoms with Crippen molar-refractivity contribution in [3.8, 4) is 0 Å². The van der Waals surface area contributed by atoms with Crippen molar-refractivity contribution in [2.24, 2.45) is 0 Å². The van der Waals surface area contributed by atoms with Gasteiger partial charge in [0.05, 0.1) is 23.5 Å². The number of hydrogen-bond acceptors (Lipinski definition) is 4. The van der Waals surface area contributed by atoms with Crippen LogP contribution in [0.3, 0.4) is 0 Å². The minimum absolute atomic E-state index is 0.0219. The number of sulfonamides is 1. The summed E-state index contributed by atoms with van der Waals surface area (Å²) in [5, 5.41) is 1.61. The standard InChI is InChI=1S/C19H18N2O4S/c22-18(9-12-20-10-1-2-11-20)25-14-13-21-16-7-3-5-15-6-4-8-17(19(15)16)26(21,23)24/h1-8,10-11H,9,12-14H2. The van der Waals surface area contributed by atoms with Gasteiger partial charge in [-0.15, -0.1) is 0 Å². The fraction of sp³-hybridized carbons (Fsp3) is 0.211. The fourth-order valence-electron chi connectivity index (χ4n) is 3.25. The molecule has 0 unspecified atom stereocenters. The smallest absolute Gasteiger partial charge is 0.307 e. The summed E-state index contributed by atoms with van der Waals surface area (Å²) < 4.78 is 34.1. The molecule has 0 aliphatic carbocycles. The molecule has 1 aromatic heterocycles. The Kier molecular flexibility index (Phi) is 4.16. The van der Waals surface area contributed by atoms with E-state index in [1.54, 1.807) is 18.2 Å². The molecule has 26 heavy (non-hydrogen) atoms. The first-order valence-electron chi connectivity index (χ1n) is 8.38. The Labute approximate surface area is 151 Å². The number of aromatic nitrogens is 1. The molecule has 134 valence electrons. The van der Waals surface area contributed by atoms with Crippen molar-refractivity contribution in [2.75, 3.05) is 17.5 Å². The maximum atomic E-state index is 12.8. The first-order chi connectivity index (χ1) is 12.6.